The van der Waals surface area contributed by atoms with Gasteiger partial charge in [-0.3, -0.25) is 29.0 Å². The van der Waals surface area contributed by atoms with Crippen LogP contribution in [0.3, 0.4) is 0 Å². The van der Waals surface area contributed by atoms with Crippen molar-refractivity contribution in [1.82, 2.24) is 9.80 Å². The minimum absolute atomic E-state index is 0.102. The van der Waals surface area contributed by atoms with Crippen molar-refractivity contribution >= 4 is 23.6 Å². The molecule has 2 fully saturated rings. The van der Waals surface area contributed by atoms with Gasteiger partial charge < -0.3 is 10.2 Å². The maximum atomic E-state index is 11.4. The summed E-state index contributed by atoms with van der Waals surface area (Å²) >= 11 is 0. The highest BCUT2D eigenvalue weighted by atomic mass is 16.3. The first-order chi connectivity index (χ1) is 9.40. The van der Waals surface area contributed by atoms with Crippen LogP contribution in [-0.2, 0) is 19.2 Å². The fourth-order valence-electron chi connectivity index (χ4n) is 2.27. The van der Waals surface area contributed by atoms with Crippen molar-refractivity contribution in [1.29, 1.82) is 0 Å². The molecular formula is C12H16N2O6. The first kappa shape index (κ1) is 14.6. The van der Waals surface area contributed by atoms with Gasteiger partial charge in [-0.2, -0.15) is 0 Å². The number of hydrogen-bond donors (Lipinski definition) is 2. The summed E-state index contributed by atoms with van der Waals surface area (Å²) in [6.45, 7) is -0.649. The largest absolute Gasteiger partial charge is 0.388 e. The highest BCUT2D eigenvalue weighted by Gasteiger charge is 2.35. The summed E-state index contributed by atoms with van der Waals surface area (Å²) in [5.41, 5.74) is 0. The second-order valence-electron chi connectivity index (χ2n) is 4.93. The van der Waals surface area contributed by atoms with E-state index in [1.807, 2.05) is 0 Å². The number of aliphatic hydroxyl groups excluding tert-OH is 2. The van der Waals surface area contributed by atoms with Gasteiger partial charge in [0.05, 0.1) is 25.3 Å². The molecule has 8 nitrogen and oxygen atoms in total. The van der Waals surface area contributed by atoms with Gasteiger partial charge in [-0.1, -0.05) is 0 Å². The summed E-state index contributed by atoms with van der Waals surface area (Å²) < 4.78 is 0. The molecule has 4 amide bonds. The van der Waals surface area contributed by atoms with Gasteiger partial charge in [-0.25, -0.2) is 0 Å². The van der Waals surface area contributed by atoms with Crippen molar-refractivity contribution in [2.45, 2.75) is 37.9 Å². The van der Waals surface area contributed by atoms with E-state index in [2.05, 4.69) is 0 Å². The standard InChI is InChI=1S/C12H16N2O6/c15-7(5-13-9(17)1-2-10(13)18)8(16)6-14-11(19)3-4-12(14)20/h7-8,15-16H,1-6H2. The summed E-state index contributed by atoms with van der Waals surface area (Å²) in [7, 11) is 0. The van der Waals surface area contributed by atoms with E-state index in [1.165, 1.54) is 0 Å². The lowest BCUT2D eigenvalue weighted by molar-refractivity contribution is -0.145. The molecule has 2 heterocycles. The Morgan fingerprint density at radius 1 is 0.700 bits per heavy atom. The average molecular weight is 284 g/mol. The van der Waals surface area contributed by atoms with Crippen molar-refractivity contribution < 1.29 is 29.4 Å². The molecule has 0 aromatic rings. The van der Waals surface area contributed by atoms with Crippen LogP contribution in [-0.4, -0.2) is 68.9 Å². The summed E-state index contributed by atoms with van der Waals surface area (Å²) in [6, 6.07) is 0. The second-order valence-corrected chi connectivity index (χ2v) is 4.93. The Hall–Kier alpha value is -1.80. The predicted molar refractivity (Wildman–Crippen MR) is 63.9 cm³/mol. The quantitative estimate of drug-likeness (QED) is 0.565. The molecule has 0 aliphatic carbocycles. The van der Waals surface area contributed by atoms with Crippen LogP contribution in [0.15, 0.2) is 0 Å². The van der Waals surface area contributed by atoms with E-state index in [0.29, 0.717) is 0 Å². The van der Waals surface area contributed by atoms with E-state index in [0.717, 1.165) is 9.80 Å². The average Bonchev–Trinajstić information content (AvgIpc) is 2.88. The monoisotopic (exact) mass is 284 g/mol. The zero-order chi connectivity index (χ0) is 14.9. The van der Waals surface area contributed by atoms with E-state index in [4.69, 9.17) is 0 Å². The molecule has 2 aliphatic heterocycles. The third-order valence-electron chi connectivity index (χ3n) is 3.49. The van der Waals surface area contributed by atoms with Gasteiger partial charge in [0.25, 0.3) is 0 Å². The van der Waals surface area contributed by atoms with Gasteiger partial charge in [0.15, 0.2) is 0 Å². The number of nitrogens with zero attached hydrogens (tertiary/aromatic N) is 2. The molecule has 8 heteroatoms. The summed E-state index contributed by atoms with van der Waals surface area (Å²) in [6.07, 6.45) is -2.37. The van der Waals surface area contributed by atoms with Gasteiger partial charge in [-0.15, -0.1) is 0 Å². The van der Waals surface area contributed by atoms with E-state index >= 15 is 0 Å². The van der Waals surface area contributed by atoms with Crippen LogP contribution in [0.4, 0.5) is 0 Å². The van der Waals surface area contributed by atoms with Gasteiger partial charge in [0.1, 0.15) is 0 Å². The third-order valence-corrected chi connectivity index (χ3v) is 3.49. The van der Waals surface area contributed by atoms with Gasteiger partial charge in [0, 0.05) is 25.7 Å². The Bertz CT molecular complexity index is 389. The number of likely N-dealkylation sites (tertiary alicyclic amines) is 2. The second kappa shape index (κ2) is 5.68. The lowest BCUT2D eigenvalue weighted by Crippen LogP contribution is -2.47. The molecule has 110 valence electrons. The maximum absolute atomic E-state index is 11.4. The lowest BCUT2D eigenvalue weighted by Gasteiger charge is -2.25. The van der Waals surface area contributed by atoms with E-state index in [-0.39, 0.29) is 38.8 Å². The topological polar surface area (TPSA) is 115 Å². The summed E-state index contributed by atoms with van der Waals surface area (Å²) in [4.78, 5) is 47.3. The molecule has 2 rings (SSSR count). The van der Waals surface area contributed by atoms with Crippen LogP contribution < -0.4 is 0 Å². The number of carbonyl (C=O) groups excluding carboxylic acids is 4. The molecule has 2 unspecified atom stereocenters. The van der Waals surface area contributed by atoms with Crippen molar-refractivity contribution in [2.24, 2.45) is 0 Å². The fraction of sp³-hybridized carbons (Fsp3) is 0.667. The molecular weight excluding hydrogens is 268 g/mol. The molecule has 0 saturated carbocycles. The number of rotatable bonds is 5. The maximum Gasteiger partial charge on any atom is 0.229 e. The van der Waals surface area contributed by atoms with Crippen LogP contribution in [0.5, 0.6) is 0 Å². The molecule has 0 aromatic carbocycles. The Morgan fingerprint density at radius 3 is 1.20 bits per heavy atom. The third kappa shape index (κ3) is 2.86. The molecule has 0 radical (unpaired) electrons. The Balaban J connectivity index is 1.90. The van der Waals surface area contributed by atoms with E-state index < -0.39 is 35.8 Å². The molecule has 0 bridgehead atoms. The van der Waals surface area contributed by atoms with E-state index in [1.54, 1.807) is 0 Å². The minimum atomic E-state index is -1.39. The Kier molecular flexibility index (Phi) is 4.15. The van der Waals surface area contributed by atoms with Gasteiger partial charge in [-0.05, 0) is 0 Å². The minimum Gasteiger partial charge on any atom is -0.388 e. The molecule has 0 aromatic heterocycles. The number of aliphatic hydroxyl groups is 2. The number of β-amino-alcohol motifs (C(OH)–C–C–N with tert-alkyl or cyclic N) is 2. The van der Waals surface area contributed by atoms with Crippen LogP contribution in [0.25, 0.3) is 0 Å². The fourth-order valence-corrected chi connectivity index (χ4v) is 2.27. The van der Waals surface area contributed by atoms with Crippen LogP contribution in [0.2, 0.25) is 0 Å². The SMILES string of the molecule is O=C1CCC(=O)N1CC(O)C(O)CN1C(=O)CCC1=O. The number of hydrogen-bond acceptors (Lipinski definition) is 6. The molecule has 2 atom stereocenters. The number of imide groups is 2. The van der Waals surface area contributed by atoms with Gasteiger partial charge >= 0.3 is 0 Å². The number of carbonyl (C=O) groups is 4. The highest BCUT2D eigenvalue weighted by Crippen LogP contribution is 2.15. The smallest absolute Gasteiger partial charge is 0.229 e. The van der Waals surface area contributed by atoms with Crippen molar-refractivity contribution in [3.63, 3.8) is 0 Å². The Morgan fingerprint density at radius 2 is 0.950 bits per heavy atom. The molecule has 20 heavy (non-hydrogen) atoms. The van der Waals surface area contributed by atoms with Crippen LogP contribution in [0, 0.1) is 0 Å². The zero-order valence-corrected chi connectivity index (χ0v) is 10.8. The first-order valence-electron chi connectivity index (χ1n) is 6.42. The molecule has 0 spiro atoms. The zero-order valence-electron chi connectivity index (χ0n) is 10.8. The van der Waals surface area contributed by atoms with Crippen molar-refractivity contribution in [3.8, 4) is 0 Å². The number of amides is 4. The van der Waals surface area contributed by atoms with Crippen molar-refractivity contribution in [2.75, 3.05) is 13.1 Å². The van der Waals surface area contributed by atoms with Crippen LogP contribution in [0.1, 0.15) is 25.7 Å². The lowest BCUT2D eigenvalue weighted by atomic mass is 10.2. The summed E-state index contributed by atoms with van der Waals surface area (Å²) in [5.74, 6) is -1.58. The first-order valence-corrected chi connectivity index (χ1v) is 6.42. The molecule has 2 aliphatic rings. The highest BCUT2D eigenvalue weighted by molar-refractivity contribution is 6.02. The van der Waals surface area contributed by atoms with Gasteiger partial charge in [0.2, 0.25) is 23.6 Å². The predicted octanol–water partition coefficient (Wildman–Crippen LogP) is -1.99. The molecule has 2 saturated heterocycles. The Labute approximate surface area is 114 Å². The normalized spacial score (nSPS) is 22.9. The summed E-state index contributed by atoms with van der Waals surface area (Å²) in [5, 5.41) is 19.6. The van der Waals surface area contributed by atoms with Crippen LogP contribution >= 0.6 is 0 Å². The van der Waals surface area contributed by atoms with Crippen molar-refractivity contribution in [3.05, 3.63) is 0 Å². The molecule has 2 N–H and O–H groups in total. The van der Waals surface area contributed by atoms with E-state index in [9.17, 15) is 29.4 Å².